The van der Waals surface area contributed by atoms with Gasteiger partial charge in [-0.05, 0) is 0 Å². The van der Waals surface area contributed by atoms with E-state index in [9.17, 15) is 39.6 Å². The Morgan fingerprint density at radius 3 is 1.74 bits per heavy atom. The van der Waals surface area contributed by atoms with Gasteiger partial charge in [-0.2, -0.15) is 0 Å². The number of hydrogen-bond acceptors (Lipinski definition) is 15. The van der Waals surface area contributed by atoms with E-state index in [1.54, 1.807) is 0 Å². The zero-order chi connectivity index (χ0) is 26.4. The number of carbonyl (C=O) groups is 4. The summed E-state index contributed by atoms with van der Waals surface area (Å²) in [6.45, 7) is 2.99. The van der Waals surface area contributed by atoms with Gasteiger partial charge >= 0.3 is 23.9 Å². The van der Waals surface area contributed by atoms with E-state index in [4.69, 9.17) is 33.2 Å². The Bertz CT molecular complexity index is 772. The van der Waals surface area contributed by atoms with Crippen molar-refractivity contribution in [3.05, 3.63) is 0 Å². The monoisotopic (exact) mass is 510 g/mol. The van der Waals surface area contributed by atoms with Crippen LogP contribution in [0.2, 0.25) is 0 Å². The lowest BCUT2D eigenvalue weighted by Crippen LogP contribution is -2.66. The van der Waals surface area contributed by atoms with Gasteiger partial charge in [-0.3, -0.25) is 19.2 Å². The van der Waals surface area contributed by atoms with Crippen LogP contribution in [0.5, 0.6) is 0 Å². The van der Waals surface area contributed by atoms with E-state index in [-0.39, 0.29) is 0 Å². The van der Waals surface area contributed by atoms with Gasteiger partial charge in [0.25, 0.3) is 0 Å². The molecule has 2 aliphatic rings. The first-order valence-corrected chi connectivity index (χ1v) is 10.6. The third-order valence-corrected chi connectivity index (χ3v) is 5.08. The van der Waals surface area contributed by atoms with Gasteiger partial charge in [0.2, 0.25) is 0 Å². The molecule has 2 fully saturated rings. The average Bonchev–Trinajstić information content (AvgIpc) is 2.75. The van der Waals surface area contributed by atoms with Crippen molar-refractivity contribution in [2.75, 3.05) is 13.2 Å². The highest BCUT2D eigenvalue weighted by Crippen LogP contribution is 2.33. The van der Waals surface area contributed by atoms with Crippen LogP contribution < -0.4 is 0 Å². The van der Waals surface area contributed by atoms with Crippen LogP contribution >= 0.6 is 0 Å². The second kappa shape index (κ2) is 12.5. The van der Waals surface area contributed by atoms with Crippen LogP contribution in [0, 0.1) is 0 Å². The van der Waals surface area contributed by atoms with Crippen molar-refractivity contribution in [2.45, 2.75) is 89.1 Å². The van der Waals surface area contributed by atoms with Crippen molar-refractivity contribution in [3.63, 3.8) is 0 Å². The van der Waals surface area contributed by atoms with E-state index in [2.05, 4.69) is 0 Å². The van der Waals surface area contributed by atoms with Crippen molar-refractivity contribution in [2.24, 2.45) is 0 Å². The van der Waals surface area contributed by atoms with E-state index < -0.39 is 98.5 Å². The summed E-state index contributed by atoms with van der Waals surface area (Å²) in [5, 5.41) is 40.1. The number of ether oxygens (including phenoxy) is 7. The lowest BCUT2D eigenvalue weighted by Gasteiger charge is -2.47. The van der Waals surface area contributed by atoms with Gasteiger partial charge in [-0.25, -0.2) is 0 Å². The minimum atomic E-state index is -1.88. The molecule has 15 heteroatoms. The topological polar surface area (TPSA) is 214 Å². The molecule has 2 heterocycles. The van der Waals surface area contributed by atoms with E-state index in [0.717, 1.165) is 27.7 Å². The standard InChI is InChI=1S/C20H30O15/c1-7(22)29-6-12-15(30-8(2)23)17(31-9(3)24)18(32-10(4)25)20(34-12)35-16-14(27)13(26)11(5-21)33-19(16)28/h11-21,26-28H,5-6H2,1-4H3. The van der Waals surface area contributed by atoms with Gasteiger partial charge in [0, 0.05) is 27.7 Å². The molecule has 10 unspecified atom stereocenters. The molecule has 0 aromatic rings. The summed E-state index contributed by atoms with van der Waals surface area (Å²) in [5.41, 5.74) is 0. The molecular formula is C20H30O15. The van der Waals surface area contributed by atoms with Crippen molar-refractivity contribution < 1.29 is 72.8 Å². The number of hydrogen-bond donors (Lipinski definition) is 4. The fourth-order valence-electron chi connectivity index (χ4n) is 3.67. The molecule has 35 heavy (non-hydrogen) atoms. The van der Waals surface area contributed by atoms with Gasteiger partial charge < -0.3 is 53.6 Å². The molecule has 2 rings (SSSR count). The summed E-state index contributed by atoms with van der Waals surface area (Å²) in [6, 6.07) is 0. The third kappa shape index (κ3) is 7.54. The van der Waals surface area contributed by atoms with E-state index in [1.165, 1.54) is 0 Å². The van der Waals surface area contributed by atoms with Crippen LogP contribution in [-0.2, 0) is 52.3 Å². The molecule has 0 saturated carbocycles. The first kappa shape index (κ1) is 28.8. The van der Waals surface area contributed by atoms with Crippen LogP contribution in [0.3, 0.4) is 0 Å². The SMILES string of the molecule is CC(=O)OCC1OC(OC2C(O)OC(CO)C(O)C2O)C(OC(C)=O)C(OC(C)=O)C1OC(C)=O. The number of esters is 4. The molecular weight excluding hydrogens is 480 g/mol. The molecule has 2 saturated heterocycles. The summed E-state index contributed by atoms with van der Waals surface area (Å²) < 4.78 is 37.0. The number of aliphatic hydroxyl groups excluding tert-OH is 4. The predicted molar refractivity (Wildman–Crippen MR) is 107 cm³/mol. The molecule has 15 nitrogen and oxygen atoms in total. The second-order valence-electron chi connectivity index (χ2n) is 7.90. The Kier molecular flexibility index (Phi) is 10.3. The maximum atomic E-state index is 11.8. The molecule has 2 aliphatic heterocycles. The van der Waals surface area contributed by atoms with Crippen LogP contribution in [0.1, 0.15) is 27.7 Å². The predicted octanol–water partition coefficient (Wildman–Crippen LogP) is -3.11. The summed E-state index contributed by atoms with van der Waals surface area (Å²) in [5.74, 6) is -3.29. The second-order valence-corrected chi connectivity index (χ2v) is 7.90. The van der Waals surface area contributed by atoms with Gasteiger partial charge in [0.15, 0.2) is 30.9 Å². The minimum Gasteiger partial charge on any atom is -0.463 e. The van der Waals surface area contributed by atoms with Gasteiger partial charge in [-0.1, -0.05) is 0 Å². The van der Waals surface area contributed by atoms with Gasteiger partial charge in [0.05, 0.1) is 6.61 Å². The molecule has 0 aromatic carbocycles. The lowest BCUT2D eigenvalue weighted by molar-refractivity contribution is -0.362. The average molecular weight is 510 g/mol. The Hall–Kier alpha value is -2.40. The van der Waals surface area contributed by atoms with Crippen molar-refractivity contribution in [3.8, 4) is 0 Å². The highest BCUT2D eigenvalue weighted by Gasteiger charge is 2.55. The highest BCUT2D eigenvalue weighted by molar-refractivity contribution is 5.68. The van der Waals surface area contributed by atoms with E-state index in [1.807, 2.05) is 0 Å². The van der Waals surface area contributed by atoms with Gasteiger partial charge in [0.1, 0.15) is 37.1 Å². The Balaban J connectivity index is 2.43. The molecule has 4 N–H and O–H groups in total. The molecule has 200 valence electrons. The normalized spacial score (nSPS) is 37.1. The highest BCUT2D eigenvalue weighted by atomic mass is 16.8. The molecule has 0 radical (unpaired) electrons. The summed E-state index contributed by atoms with van der Waals surface area (Å²) in [4.78, 5) is 46.8. The number of rotatable bonds is 8. The van der Waals surface area contributed by atoms with Crippen molar-refractivity contribution in [1.82, 2.24) is 0 Å². The van der Waals surface area contributed by atoms with Crippen LogP contribution in [0.4, 0.5) is 0 Å². The van der Waals surface area contributed by atoms with E-state index >= 15 is 0 Å². The van der Waals surface area contributed by atoms with E-state index in [0.29, 0.717) is 0 Å². The zero-order valence-electron chi connectivity index (χ0n) is 19.5. The quantitative estimate of drug-likeness (QED) is 0.188. The Morgan fingerprint density at radius 2 is 1.23 bits per heavy atom. The smallest absolute Gasteiger partial charge is 0.303 e. The first-order valence-electron chi connectivity index (χ1n) is 10.6. The van der Waals surface area contributed by atoms with Gasteiger partial charge in [-0.15, -0.1) is 0 Å². The van der Waals surface area contributed by atoms with Crippen LogP contribution in [0.25, 0.3) is 0 Å². The summed E-state index contributed by atoms with van der Waals surface area (Å²) >= 11 is 0. The van der Waals surface area contributed by atoms with Crippen LogP contribution in [-0.4, -0.2) is 119 Å². The fourth-order valence-corrected chi connectivity index (χ4v) is 3.67. The van der Waals surface area contributed by atoms with Crippen molar-refractivity contribution >= 4 is 23.9 Å². The van der Waals surface area contributed by atoms with Crippen LogP contribution in [0.15, 0.2) is 0 Å². The molecule has 0 spiro atoms. The molecule has 10 atom stereocenters. The Morgan fingerprint density at radius 1 is 0.686 bits per heavy atom. The molecule has 0 bridgehead atoms. The lowest BCUT2D eigenvalue weighted by atomic mass is 9.96. The molecule has 0 amide bonds. The maximum Gasteiger partial charge on any atom is 0.303 e. The fraction of sp³-hybridized carbons (Fsp3) is 0.800. The minimum absolute atomic E-state index is 0.515. The number of carbonyl (C=O) groups excluding carboxylic acids is 4. The zero-order valence-corrected chi connectivity index (χ0v) is 19.5. The molecule has 0 aromatic heterocycles. The summed E-state index contributed by atoms with van der Waals surface area (Å²) in [7, 11) is 0. The maximum absolute atomic E-state index is 11.8. The first-order chi connectivity index (χ1) is 16.3. The Labute approximate surface area is 199 Å². The third-order valence-electron chi connectivity index (χ3n) is 5.08. The summed E-state index contributed by atoms with van der Waals surface area (Å²) in [6.07, 6.45) is -16.0. The number of aliphatic hydroxyl groups is 4. The van der Waals surface area contributed by atoms with Crippen molar-refractivity contribution in [1.29, 1.82) is 0 Å². The molecule has 0 aliphatic carbocycles. The largest absolute Gasteiger partial charge is 0.463 e.